The number of anilines is 1. The Balaban J connectivity index is 1.80. The first-order valence-corrected chi connectivity index (χ1v) is 11.1. The Morgan fingerprint density at radius 1 is 1.39 bits per heavy atom. The molecule has 1 amide bonds. The van der Waals surface area contributed by atoms with Crippen molar-refractivity contribution in [1.82, 2.24) is 15.1 Å². The Hall–Kier alpha value is -2.74. The van der Waals surface area contributed by atoms with Crippen LogP contribution >= 0.6 is 15.9 Å². The van der Waals surface area contributed by atoms with Gasteiger partial charge in [-0.1, -0.05) is 20.4 Å². The third kappa shape index (κ3) is 4.08. The molecule has 31 heavy (non-hydrogen) atoms. The van der Waals surface area contributed by atoms with E-state index in [4.69, 9.17) is 0 Å². The second kappa shape index (κ2) is 7.75. The number of amides is 1. The molecule has 2 aromatic rings. The fourth-order valence-electron chi connectivity index (χ4n) is 4.71. The Labute approximate surface area is 190 Å². The number of nitrogens with one attached hydrogen (secondary N) is 3. The zero-order valence-corrected chi connectivity index (χ0v) is 19.8. The highest BCUT2D eigenvalue weighted by Gasteiger charge is 2.48. The molecule has 162 valence electrons. The van der Waals surface area contributed by atoms with Gasteiger partial charge < -0.3 is 5.32 Å². The largest absolute Gasteiger partial charge is 0.362 e. The Bertz CT molecular complexity index is 1110. The third-order valence-electron chi connectivity index (χ3n) is 5.95. The summed E-state index contributed by atoms with van der Waals surface area (Å²) in [5.74, 6) is -0.667. The van der Waals surface area contributed by atoms with Crippen LogP contribution in [0.4, 0.5) is 5.82 Å². The van der Waals surface area contributed by atoms with Crippen molar-refractivity contribution in [1.29, 1.82) is 0 Å². The summed E-state index contributed by atoms with van der Waals surface area (Å²) in [5, 5.41) is 10.7. The maximum Gasteiger partial charge on any atom is 0.317 e. The fraction of sp³-hybridized carbons (Fsp3) is 0.391. The summed E-state index contributed by atoms with van der Waals surface area (Å²) in [7, 11) is 1.85. The van der Waals surface area contributed by atoms with Crippen molar-refractivity contribution in [2.75, 3.05) is 5.32 Å². The molecule has 3 N–H and O–H groups in total. The molecule has 2 aromatic heterocycles. The van der Waals surface area contributed by atoms with Gasteiger partial charge in [-0.3, -0.25) is 9.48 Å². The normalized spacial score (nSPS) is 22.7. The highest BCUT2D eigenvalue weighted by molar-refractivity contribution is 9.10. The van der Waals surface area contributed by atoms with E-state index in [1.54, 1.807) is 16.9 Å². The van der Waals surface area contributed by atoms with Crippen molar-refractivity contribution < 1.29 is 14.6 Å². The van der Waals surface area contributed by atoms with Gasteiger partial charge in [-0.15, -0.1) is 0 Å². The number of hydrogen-bond acceptors (Lipinski definition) is 4. The van der Waals surface area contributed by atoms with Crippen LogP contribution in [-0.2, 0) is 16.6 Å². The van der Waals surface area contributed by atoms with Crippen LogP contribution in [0.25, 0.3) is 0 Å². The van der Waals surface area contributed by atoms with E-state index in [1.807, 2.05) is 26.2 Å². The molecule has 1 aliphatic carbocycles. The van der Waals surface area contributed by atoms with Crippen molar-refractivity contribution in [3.63, 3.8) is 0 Å². The molecule has 0 bridgehead atoms. The maximum atomic E-state index is 13.5. The highest BCUT2D eigenvalue weighted by atomic mass is 79.9. The monoisotopic (exact) mass is 484 g/mol. The molecule has 2 aliphatic rings. The molecule has 0 fully saturated rings. The molecular weight excluding hydrogens is 458 g/mol. The van der Waals surface area contributed by atoms with Gasteiger partial charge in [-0.25, -0.2) is 15.1 Å². The van der Waals surface area contributed by atoms with Gasteiger partial charge in [0, 0.05) is 54.2 Å². The summed E-state index contributed by atoms with van der Waals surface area (Å²) in [4.78, 5) is 29.8. The smallest absolute Gasteiger partial charge is 0.317 e. The van der Waals surface area contributed by atoms with Gasteiger partial charge in [-0.05, 0) is 40.8 Å². The minimum atomic E-state index is -0.649. The van der Waals surface area contributed by atoms with E-state index in [-0.39, 0.29) is 17.1 Å². The van der Waals surface area contributed by atoms with Gasteiger partial charge in [0.2, 0.25) is 0 Å². The van der Waals surface area contributed by atoms with Gasteiger partial charge >= 0.3 is 5.91 Å². The molecule has 4 rings (SSSR count). The van der Waals surface area contributed by atoms with Gasteiger partial charge in [0.1, 0.15) is 12.1 Å². The molecule has 2 unspecified atom stereocenters. The molecule has 1 aliphatic heterocycles. The van der Waals surface area contributed by atoms with Gasteiger partial charge in [0.05, 0.1) is 10.2 Å². The number of nitrogens with zero attached hydrogens (tertiary/aromatic N) is 2. The number of hydrogen-bond donors (Lipinski definition) is 2. The number of aryl methyl sites for hydroxylation is 2. The predicted octanol–water partition coefficient (Wildman–Crippen LogP) is 3.40. The number of carbonyl (C=O) groups excluding carboxylic acids is 2. The number of aromatic amines is 1. The van der Waals surface area contributed by atoms with E-state index in [0.717, 1.165) is 27.8 Å². The SMILES string of the molecule is C=C1NC2=C(C(=O)CC(C)(C)C2)C(c2cn(C)nc2C)C1C(=O)Nc1ccc(Br)c[nH+]1. The zero-order valence-electron chi connectivity index (χ0n) is 18.2. The molecule has 0 saturated heterocycles. The highest BCUT2D eigenvalue weighted by Crippen LogP contribution is 2.48. The van der Waals surface area contributed by atoms with Gasteiger partial charge in [-0.2, -0.15) is 5.10 Å². The molecule has 0 spiro atoms. The van der Waals surface area contributed by atoms with Crippen molar-refractivity contribution >= 4 is 33.4 Å². The number of H-pyrrole nitrogens is 1. The molecular formula is C23H27BrN5O2+. The lowest BCUT2D eigenvalue weighted by molar-refractivity contribution is -0.361. The summed E-state index contributed by atoms with van der Waals surface area (Å²) < 4.78 is 2.60. The van der Waals surface area contributed by atoms with Crippen molar-refractivity contribution in [3.05, 3.63) is 63.8 Å². The quantitative estimate of drug-likeness (QED) is 0.698. The van der Waals surface area contributed by atoms with E-state index in [2.05, 4.69) is 57.1 Å². The van der Waals surface area contributed by atoms with E-state index < -0.39 is 11.8 Å². The minimum absolute atomic E-state index is 0.0764. The number of carbonyl (C=O) groups is 2. The lowest BCUT2D eigenvalue weighted by atomic mass is 9.66. The first-order valence-electron chi connectivity index (χ1n) is 10.3. The molecule has 0 aromatic carbocycles. The molecule has 2 atom stereocenters. The van der Waals surface area contributed by atoms with Crippen LogP contribution in [0.1, 0.15) is 43.9 Å². The van der Waals surface area contributed by atoms with E-state index in [9.17, 15) is 9.59 Å². The maximum absolute atomic E-state index is 13.5. The van der Waals surface area contributed by atoms with Crippen LogP contribution in [0.5, 0.6) is 0 Å². The number of halogens is 1. The van der Waals surface area contributed by atoms with Crippen LogP contribution in [-0.4, -0.2) is 21.5 Å². The molecule has 0 saturated carbocycles. The summed E-state index contributed by atoms with van der Waals surface area (Å²) in [6.07, 6.45) is 4.84. The number of allylic oxidation sites excluding steroid dienone is 2. The second-order valence-corrected chi connectivity index (χ2v) is 10.1. The summed E-state index contributed by atoms with van der Waals surface area (Å²) in [6.45, 7) is 10.3. The Kier molecular flexibility index (Phi) is 5.37. The number of Topliss-reactive ketones (excluding diaryl/α,β-unsaturated/α-hetero) is 1. The van der Waals surface area contributed by atoms with Crippen molar-refractivity contribution in [2.24, 2.45) is 18.4 Å². The number of pyridine rings is 1. The minimum Gasteiger partial charge on any atom is -0.362 e. The lowest BCUT2D eigenvalue weighted by Gasteiger charge is -2.41. The summed E-state index contributed by atoms with van der Waals surface area (Å²) >= 11 is 3.38. The zero-order chi connectivity index (χ0) is 22.5. The molecule has 0 radical (unpaired) electrons. The topological polar surface area (TPSA) is 90.2 Å². The van der Waals surface area contributed by atoms with E-state index in [1.165, 1.54) is 0 Å². The number of ketones is 1. The Morgan fingerprint density at radius 3 is 2.74 bits per heavy atom. The first kappa shape index (κ1) is 21.5. The fourth-order valence-corrected chi connectivity index (χ4v) is 4.96. The van der Waals surface area contributed by atoms with E-state index in [0.29, 0.717) is 23.5 Å². The van der Waals surface area contributed by atoms with Crippen LogP contribution in [0.3, 0.4) is 0 Å². The lowest BCUT2D eigenvalue weighted by Crippen LogP contribution is -2.45. The molecule has 3 heterocycles. The standard InChI is InChI=1S/C23H26BrN5O2/c1-12-15(11-29(5)28-12)20-19(22(31)27-18-7-6-14(24)10-25-18)13(2)26-16-8-23(3,4)9-17(30)21(16)20/h6-7,10-11,19-20,26H,2,8-9H2,1,3-5H3,(H,25,27,31)/p+1. The second-order valence-electron chi connectivity index (χ2n) is 9.19. The average Bonchev–Trinajstić information content (AvgIpc) is 2.99. The van der Waals surface area contributed by atoms with Crippen LogP contribution < -0.4 is 15.6 Å². The van der Waals surface area contributed by atoms with Crippen LogP contribution in [0.15, 0.2) is 52.5 Å². The number of aromatic nitrogens is 3. The third-order valence-corrected chi connectivity index (χ3v) is 6.45. The molecule has 8 heteroatoms. The van der Waals surface area contributed by atoms with Crippen LogP contribution in [0.2, 0.25) is 0 Å². The summed E-state index contributed by atoms with van der Waals surface area (Å²) in [5.41, 5.74) is 3.69. The first-order chi connectivity index (χ1) is 14.6. The number of rotatable bonds is 3. The van der Waals surface area contributed by atoms with Gasteiger partial charge in [0.15, 0.2) is 5.78 Å². The van der Waals surface area contributed by atoms with Gasteiger partial charge in [0.25, 0.3) is 5.82 Å². The van der Waals surface area contributed by atoms with E-state index >= 15 is 0 Å². The average molecular weight is 485 g/mol. The Morgan fingerprint density at radius 2 is 2.13 bits per heavy atom. The summed E-state index contributed by atoms with van der Waals surface area (Å²) in [6, 6.07) is 3.63. The van der Waals surface area contributed by atoms with Crippen molar-refractivity contribution in [3.8, 4) is 0 Å². The predicted molar refractivity (Wildman–Crippen MR) is 121 cm³/mol. The van der Waals surface area contributed by atoms with Crippen LogP contribution in [0, 0.1) is 18.3 Å². The molecule has 7 nitrogen and oxygen atoms in total. The van der Waals surface area contributed by atoms with Crippen molar-refractivity contribution in [2.45, 2.75) is 39.5 Å².